The van der Waals surface area contributed by atoms with Crippen LogP contribution in [0, 0.1) is 11.6 Å². The molecule has 0 saturated carbocycles. The third kappa shape index (κ3) is 5.85. The van der Waals surface area contributed by atoms with Gasteiger partial charge in [-0.2, -0.15) is 0 Å². The molecule has 0 bridgehead atoms. The first-order valence-electron chi connectivity index (χ1n) is 8.59. The Morgan fingerprint density at radius 3 is 2.50 bits per heavy atom. The molecule has 2 rings (SSSR count). The molecule has 0 saturated heterocycles. The van der Waals surface area contributed by atoms with Crippen molar-refractivity contribution in [2.45, 2.75) is 24.7 Å². The largest absolute Gasteiger partial charge is 0.352 e. The molecule has 28 heavy (non-hydrogen) atoms. The second-order valence-electron chi connectivity index (χ2n) is 5.96. The summed E-state index contributed by atoms with van der Waals surface area (Å²) >= 11 is 0. The van der Waals surface area contributed by atoms with Gasteiger partial charge in [0, 0.05) is 24.7 Å². The SMILES string of the molecule is CCS(=O)(=O)c1cccc(NC(=O)CCCNC(=O)c2ccc(F)cc2F)c1. The predicted molar refractivity (Wildman–Crippen MR) is 101 cm³/mol. The van der Waals surface area contributed by atoms with Gasteiger partial charge >= 0.3 is 0 Å². The molecule has 0 aliphatic rings. The molecular weight excluding hydrogens is 390 g/mol. The third-order valence-electron chi connectivity index (χ3n) is 3.90. The van der Waals surface area contributed by atoms with E-state index in [1.807, 2.05) is 0 Å². The van der Waals surface area contributed by atoms with Crippen LogP contribution in [0.1, 0.15) is 30.1 Å². The van der Waals surface area contributed by atoms with Crippen LogP contribution in [0.25, 0.3) is 0 Å². The van der Waals surface area contributed by atoms with Gasteiger partial charge in [-0.05, 0) is 36.8 Å². The van der Waals surface area contributed by atoms with Crippen LogP contribution in [0.2, 0.25) is 0 Å². The highest BCUT2D eigenvalue weighted by molar-refractivity contribution is 7.91. The van der Waals surface area contributed by atoms with Gasteiger partial charge in [-0.3, -0.25) is 9.59 Å². The molecule has 0 aromatic heterocycles. The van der Waals surface area contributed by atoms with Gasteiger partial charge in [-0.1, -0.05) is 13.0 Å². The maximum absolute atomic E-state index is 13.5. The van der Waals surface area contributed by atoms with Gasteiger partial charge in [0.2, 0.25) is 5.91 Å². The molecule has 2 aromatic carbocycles. The third-order valence-corrected chi connectivity index (χ3v) is 5.63. The van der Waals surface area contributed by atoms with Crippen molar-refractivity contribution >= 4 is 27.3 Å². The van der Waals surface area contributed by atoms with Crippen LogP contribution in [0.15, 0.2) is 47.4 Å². The number of carbonyl (C=O) groups excluding carboxylic acids is 2. The van der Waals surface area contributed by atoms with Crippen LogP contribution in [0.5, 0.6) is 0 Å². The normalized spacial score (nSPS) is 11.1. The zero-order valence-electron chi connectivity index (χ0n) is 15.2. The van der Waals surface area contributed by atoms with Gasteiger partial charge in [0.25, 0.3) is 5.91 Å². The Kier molecular flexibility index (Phi) is 7.22. The summed E-state index contributed by atoms with van der Waals surface area (Å²) < 4.78 is 50.1. The molecule has 0 heterocycles. The second-order valence-corrected chi connectivity index (χ2v) is 8.24. The molecule has 2 N–H and O–H groups in total. The monoisotopic (exact) mass is 410 g/mol. The Labute approximate surface area is 161 Å². The number of amides is 2. The van der Waals surface area contributed by atoms with Crippen molar-refractivity contribution in [2.75, 3.05) is 17.6 Å². The van der Waals surface area contributed by atoms with E-state index < -0.39 is 27.4 Å². The summed E-state index contributed by atoms with van der Waals surface area (Å²) in [6, 6.07) is 8.60. The zero-order valence-corrected chi connectivity index (χ0v) is 16.0. The molecule has 0 fully saturated rings. The van der Waals surface area contributed by atoms with Crippen molar-refractivity contribution in [3.63, 3.8) is 0 Å². The van der Waals surface area contributed by atoms with Gasteiger partial charge in [-0.25, -0.2) is 17.2 Å². The Morgan fingerprint density at radius 2 is 1.82 bits per heavy atom. The van der Waals surface area contributed by atoms with E-state index in [9.17, 15) is 26.8 Å². The van der Waals surface area contributed by atoms with Crippen molar-refractivity contribution < 1.29 is 26.8 Å². The highest BCUT2D eigenvalue weighted by Crippen LogP contribution is 2.17. The van der Waals surface area contributed by atoms with Crippen molar-refractivity contribution in [2.24, 2.45) is 0 Å². The summed E-state index contributed by atoms with van der Waals surface area (Å²) in [6.07, 6.45) is 0.351. The summed E-state index contributed by atoms with van der Waals surface area (Å²) in [5.41, 5.74) is 0.0803. The summed E-state index contributed by atoms with van der Waals surface area (Å²) in [7, 11) is -3.37. The van der Waals surface area contributed by atoms with E-state index in [0.717, 1.165) is 12.1 Å². The fourth-order valence-electron chi connectivity index (χ4n) is 2.38. The molecular formula is C19H20F2N2O4S. The summed E-state index contributed by atoms with van der Waals surface area (Å²) in [5.74, 6) is -2.83. The lowest BCUT2D eigenvalue weighted by Gasteiger charge is -2.08. The second kappa shape index (κ2) is 9.41. The van der Waals surface area contributed by atoms with Crippen molar-refractivity contribution in [1.29, 1.82) is 0 Å². The van der Waals surface area contributed by atoms with E-state index in [1.165, 1.54) is 25.1 Å². The van der Waals surface area contributed by atoms with Crippen molar-refractivity contribution in [1.82, 2.24) is 5.32 Å². The molecule has 0 aliphatic carbocycles. The standard InChI is InChI=1S/C19H20F2N2O4S/c1-2-28(26,27)15-6-3-5-14(12-15)23-18(24)7-4-10-22-19(25)16-9-8-13(20)11-17(16)21/h3,5-6,8-9,11-12H,2,4,7,10H2,1H3,(H,22,25)(H,23,24). The highest BCUT2D eigenvalue weighted by Gasteiger charge is 2.14. The lowest BCUT2D eigenvalue weighted by molar-refractivity contribution is -0.116. The Balaban J connectivity index is 1.82. The molecule has 2 aromatic rings. The number of rotatable bonds is 8. The van der Waals surface area contributed by atoms with Crippen LogP contribution in [-0.4, -0.2) is 32.5 Å². The molecule has 150 valence electrons. The number of hydrogen-bond donors (Lipinski definition) is 2. The number of benzene rings is 2. The number of nitrogens with one attached hydrogen (secondary N) is 2. The Hall–Kier alpha value is -2.81. The van der Waals surface area contributed by atoms with Gasteiger partial charge in [-0.15, -0.1) is 0 Å². The van der Waals surface area contributed by atoms with E-state index in [2.05, 4.69) is 10.6 Å². The first-order valence-corrected chi connectivity index (χ1v) is 10.2. The fourth-order valence-corrected chi connectivity index (χ4v) is 3.30. The molecule has 6 nitrogen and oxygen atoms in total. The van der Waals surface area contributed by atoms with E-state index in [-0.39, 0.29) is 41.5 Å². The number of sulfone groups is 1. The Morgan fingerprint density at radius 1 is 1.07 bits per heavy atom. The average molecular weight is 410 g/mol. The predicted octanol–water partition coefficient (Wildman–Crippen LogP) is 2.91. The minimum atomic E-state index is -3.37. The topological polar surface area (TPSA) is 92.3 Å². The van der Waals surface area contributed by atoms with E-state index in [0.29, 0.717) is 11.8 Å². The molecule has 0 atom stereocenters. The van der Waals surface area contributed by atoms with Gasteiger partial charge < -0.3 is 10.6 Å². The molecule has 0 aliphatic heterocycles. The molecule has 2 amide bonds. The fraction of sp³-hybridized carbons (Fsp3) is 0.263. The minimum absolute atomic E-state index is 0.0429. The van der Waals surface area contributed by atoms with Crippen LogP contribution >= 0.6 is 0 Å². The summed E-state index contributed by atoms with van der Waals surface area (Å²) in [4.78, 5) is 23.9. The van der Waals surface area contributed by atoms with Gasteiger partial charge in [0.05, 0.1) is 16.2 Å². The van der Waals surface area contributed by atoms with Crippen molar-refractivity contribution in [3.05, 3.63) is 59.7 Å². The van der Waals surface area contributed by atoms with Crippen LogP contribution < -0.4 is 10.6 Å². The van der Waals surface area contributed by atoms with E-state index >= 15 is 0 Å². The van der Waals surface area contributed by atoms with Crippen LogP contribution in [0.4, 0.5) is 14.5 Å². The van der Waals surface area contributed by atoms with Crippen LogP contribution in [-0.2, 0) is 14.6 Å². The lowest BCUT2D eigenvalue weighted by Crippen LogP contribution is -2.26. The summed E-state index contributed by atoms with van der Waals surface area (Å²) in [5, 5.41) is 5.05. The molecule has 0 spiro atoms. The smallest absolute Gasteiger partial charge is 0.254 e. The Bertz CT molecular complexity index is 978. The zero-order chi connectivity index (χ0) is 20.7. The number of halogens is 2. The number of anilines is 1. The highest BCUT2D eigenvalue weighted by atomic mass is 32.2. The minimum Gasteiger partial charge on any atom is -0.352 e. The van der Waals surface area contributed by atoms with Gasteiger partial charge in [0.1, 0.15) is 11.6 Å². The average Bonchev–Trinajstić information content (AvgIpc) is 2.65. The number of hydrogen-bond acceptors (Lipinski definition) is 4. The van der Waals surface area contributed by atoms with E-state index in [4.69, 9.17) is 0 Å². The quantitative estimate of drug-likeness (QED) is 0.655. The maximum Gasteiger partial charge on any atom is 0.254 e. The van der Waals surface area contributed by atoms with Crippen molar-refractivity contribution in [3.8, 4) is 0 Å². The summed E-state index contributed by atoms with van der Waals surface area (Å²) in [6.45, 7) is 1.65. The molecule has 0 unspecified atom stereocenters. The van der Waals surface area contributed by atoms with Crippen LogP contribution in [0.3, 0.4) is 0 Å². The first-order chi connectivity index (χ1) is 13.2. The van der Waals surface area contributed by atoms with E-state index in [1.54, 1.807) is 6.07 Å². The van der Waals surface area contributed by atoms with Gasteiger partial charge in [0.15, 0.2) is 9.84 Å². The maximum atomic E-state index is 13.5. The molecule has 9 heteroatoms. The first kappa shape index (κ1) is 21.5. The number of carbonyl (C=O) groups is 2. The lowest BCUT2D eigenvalue weighted by atomic mass is 10.2. The molecule has 0 radical (unpaired) electrons.